The zero-order valence-corrected chi connectivity index (χ0v) is 15.4. The normalized spacial score (nSPS) is 10.4. The highest BCUT2D eigenvalue weighted by atomic mass is 79.9. The van der Waals surface area contributed by atoms with Gasteiger partial charge < -0.3 is 21.1 Å². The molecule has 24 heavy (non-hydrogen) atoms. The first-order valence-electron chi connectivity index (χ1n) is 6.96. The summed E-state index contributed by atoms with van der Waals surface area (Å²) in [6.45, 7) is 0.872. The second kappa shape index (κ2) is 8.69. The fraction of sp³-hybridized carbons (Fsp3) is 0.286. The van der Waals surface area contributed by atoms with Crippen LogP contribution in [0.2, 0.25) is 0 Å². The predicted octanol–water partition coefficient (Wildman–Crippen LogP) is 1.43. The van der Waals surface area contributed by atoms with Crippen molar-refractivity contribution in [2.24, 2.45) is 0 Å². The summed E-state index contributed by atoms with van der Waals surface area (Å²) in [6.07, 6.45) is 0. The van der Waals surface area contributed by atoms with Crippen molar-refractivity contribution in [3.8, 4) is 5.75 Å². The fourth-order valence-corrected chi connectivity index (χ4v) is 2.70. The molecule has 1 heterocycles. The lowest BCUT2D eigenvalue weighted by Crippen LogP contribution is -2.32. The molecule has 1 amide bonds. The van der Waals surface area contributed by atoms with Crippen LogP contribution in [0.1, 0.15) is 0 Å². The van der Waals surface area contributed by atoms with Crippen LogP contribution in [0.25, 0.3) is 0 Å². The van der Waals surface area contributed by atoms with Crippen molar-refractivity contribution in [3.05, 3.63) is 28.7 Å². The van der Waals surface area contributed by atoms with Crippen molar-refractivity contribution in [1.29, 1.82) is 0 Å². The summed E-state index contributed by atoms with van der Waals surface area (Å²) in [5.74, 6) is 0.932. The molecular formula is C14H17BrN6O2S. The number of carbonyl (C=O) groups excluding carboxylic acids is 1. The predicted molar refractivity (Wildman–Crippen MR) is 96.6 cm³/mol. The largest absolute Gasteiger partial charge is 0.492 e. The van der Waals surface area contributed by atoms with Gasteiger partial charge in [-0.25, -0.2) is 0 Å². The number of halogens is 1. The second-order valence-electron chi connectivity index (χ2n) is 4.74. The third-order valence-corrected chi connectivity index (χ3v) is 4.27. The van der Waals surface area contributed by atoms with E-state index in [2.05, 4.69) is 30.9 Å². The standard InChI is InChI=1S/C14H17BrN6O2S/c1-21(6-7-23-10-4-2-9(15)3-5-10)11(22)8-24-14-19-12(16)18-13(17)20-14/h2-5H,6-8H2,1H3,(H4,16,17,18,19,20). The van der Waals surface area contributed by atoms with Crippen molar-refractivity contribution in [1.82, 2.24) is 19.9 Å². The lowest BCUT2D eigenvalue weighted by atomic mass is 10.3. The van der Waals surface area contributed by atoms with Gasteiger partial charge in [0.2, 0.25) is 17.8 Å². The highest BCUT2D eigenvalue weighted by Gasteiger charge is 2.11. The lowest BCUT2D eigenvalue weighted by Gasteiger charge is -2.17. The number of ether oxygens (including phenoxy) is 1. The minimum Gasteiger partial charge on any atom is -0.492 e. The van der Waals surface area contributed by atoms with Crippen LogP contribution in [0, 0.1) is 0 Å². The van der Waals surface area contributed by atoms with Gasteiger partial charge in [-0.3, -0.25) is 4.79 Å². The first-order valence-corrected chi connectivity index (χ1v) is 8.74. The smallest absolute Gasteiger partial charge is 0.232 e. The molecule has 0 saturated heterocycles. The Bertz CT molecular complexity index is 680. The molecule has 1 aromatic heterocycles. The third-order valence-electron chi connectivity index (χ3n) is 2.91. The Kier molecular flexibility index (Phi) is 6.62. The van der Waals surface area contributed by atoms with E-state index in [0.717, 1.165) is 22.0 Å². The van der Waals surface area contributed by atoms with Gasteiger partial charge in [0.05, 0.1) is 12.3 Å². The van der Waals surface area contributed by atoms with Crippen LogP contribution in [-0.2, 0) is 4.79 Å². The van der Waals surface area contributed by atoms with E-state index in [4.69, 9.17) is 16.2 Å². The summed E-state index contributed by atoms with van der Waals surface area (Å²) in [4.78, 5) is 25.2. The number of amides is 1. The zero-order valence-electron chi connectivity index (χ0n) is 13.0. The van der Waals surface area contributed by atoms with Crippen LogP contribution in [0.5, 0.6) is 5.75 Å². The molecule has 0 aliphatic rings. The number of aromatic nitrogens is 3. The van der Waals surface area contributed by atoms with Gasteiger partial charge in [0.1, 0.15) is 12.4 Å². The van der Waals surface area contributed by atoms with Crippen molar-refractivity contribution in [2.75, 3.05) is 37.4 Å². The molecule has 0 saturated carbocycles. The Morgan fingerprint density at radius 3 is 2.46 bits per heavy atom. The Hall–Kier alpha value is -2.07. The van der Waals surface area contributed by atoms with Gasteiger partial charge in [-0.1, -0.05) is 27.7 Å². The number of hydrogen-bond donors (Lipinski definition) is 2. The summed E-state index contributed by atoms with van der Waals surface area (Å²) in [5.41, 5.74) is 11.0. The number of nitrogens with zero attached hydrogens (tertiary/aromatic N) is 4. The molecule has 0 bridgehead atoms. The van der Waals surface area contributed by atoms with Crippen molar-refractivity contribution >= 4 is 45.5 Å². The summed E-state index contributed by atoms with van der Waals surface area (Å²) in [6, 6.07) is 7.51. The number of carbonyl (C=O) groups is 1. The van der Waals surface area contributed by atoms with Gasteiger partial charge in [-0.2, -0.15) is 15.0 Å². The number of hydrogen-bond acceptors (Lipinski definition) is 8. The molecule has 1 aromatic carbocycles. The van der Waals surface area contributed by atoms with Crippen molar-refractivity contribution < 1.29 is 9.53 Å². The van der Waals surface area contributed by atoms with Crippen molar-refractivity contribution in [3.63, 3.8) is 0 Å². The van der Waals surface area contributed by atoms with Crippen LogP contribution in [0.4, 0.5) is 11.9 Å². The lowest BCUT2D eigenvalue weighted by molar-refractivity contribution is -0.127. The third kappa shape index (κ3) is 5.85. The molecule has 10 heteroatoms. The molecule has 2 aromatic rings. The first kappa shape index (κ1) is 18.3. The van der Waals surface area contributed by atoms with Gasteiger partial charge in [0, 0.05) is 11.5 Å². The van der Waals surface area contributed by atoms with E-state index < -0.39 is 0 Å². The Labute approximate surface area is 152 Å². The summed E-state index contributed by atoms with van der Waals surface area (Å²) in [7, 11) is 1.71. The molecule has 0 atom stereocenters. The number of thioether (sulfide) groups is 1. The number of nitrogen functional groups attached to an aromatic ring is 2. The van der Waals surface area contributed by atoms with E-state index in [-0.39, 0.29) is 23.6 Å². The Balaban J connectivity index is 1.74. The van der Waals surface area contributed by atoms with E-state index in [1.807, 2.05) is 24.3 Å². The molecular weight excluding hydrogens is 396 g/mol. The maximum absolute atomic E-state index is 12.1. The molecule has 0 unspecified atom stereocenters. The number of likely N-dealkylation sites (N-methyl/N-ethyl adjacent to an activating group) is 1. The number of nitrogens with two attached hydrogens (primary N) is 2. The quantitative estimate of drug-likeness (QED) is 0.654. The van der Waals surface area contributed by atoms with Crippen LogP contribution in [0.15, 0.2) is 33.9 Å². The molecule has 4 N–H and O–H groups in total. The van der Waals surface area contributed by atoms with E-state index in [0.29, 0.717) is 18.3 Å². The average molecular weight is 413 g/mol. The van der Waals surface area contributed by atoms with Crippen LogP contribution >= 0.6 is 27.7 Å². The maximum Gasteiger partial charge on any atom is 0.232 e. The Morgan fingerprint density at radius 2 is 1.83 bits per heavy atom. The van der Waals surface area contributed by atoms with E-state index in [1.165, 1.54) is 0 Å². The molecule has 128 valence electrons. The molecule has 0 aliphatic carbocycles. The van der Waals surface area contributed by atoms with Gasteiger partial charge in [0.15, 0.2) is 5.16 Å². The van der Waals surface area contributed by atoms with E-state index >= 15 is 0 Å². The first-order chi connectivity index (χ1) is 11.4. The highest BCUT2D eigenvalue weighted by Crippen LogP contribution is 2.16. The zero-order chi connectivity index (χ0) is 17.5. The Morgan fingerprint density at radius 1 is 1.21 bits per heavy atom. The summed E-state index contributed by atoms with van der Waals surface area (Å²) in [5, 5.41) is 0.327. The number of rotatable bonds is 7. The van der Waals surface area contributed by atoms with Crippen molar-refractivity contribution in [2.45, 2.75) is 5.16 Å². The fourth-order valence-electron chi connectivity index (χ4n) is 1.65. The van der Waals surface area contributed by atoms with Crippen LogP contribution < -0.4 is 16.2 Å². The maximum atomic E-state index is 12.1. The summed E-state index contributed by atoms with van der Waals surface area (Å²) >= 11 is 4.52. The van der Waals surface area contributed by atoms with Crippen LogP contribution in [0.3, 0.4) is 0 Å². The minimum absolute atomic E-state index is 0.0358. The molecule has 8 nitrogen and oxygen atoms in total. The molecule has 0 radical (unpaired) electrons. The van der Waals surface area contributed by atoms with Gasteiger partial charge in [0.25, 0.3) is 0 Å². The molecule has 2 rings (SSSR count). The second-order valence-corrected chi connectivity index (χ2v) is 6.60. The minimum atomic E-state index is -0.0723. The van der Waals surface area contributed by atoms with Gasteiger partial charge in [-0.05, 0) is 24.3 Å². The van der Waals surface area contributed by atoms with Crippen LogP contribution in [-0.4, -0.2) is 51.7 Å². The monoisotopic (exact) mass is 412 g/mol. The summed E-state index contributed by atoms with van der Waals surface area (Å²) < 4.78 is 6.57. The molecule has 0 fully saturated rings. The van der Waals surface area contributed by atoms with E-state index in [1.54, 1.807) is 11.9 Å². The topological polar surface area (TPSA) is 120 Å². The van der Waals surface area contributed by atoms with Gasteiger partial charge in [-0.15, -0.1) is 0 Å². The number of anilines is 2. The van der Waals surface area contributed by atoms with Gasteiger partial charge >= 0.3 is 0 Å². The molecule has 0 spiro atoms. The van der Waals surface area contributed by atoms with E-state index in [9.17, 15) is 4.79 Å². The SMILES string of the molecule is CN(CCOc1ccc(Br)cc1)C(=O)CSc1nc(N)nc(N)n1. The molecule has 0 aliphatic heterocycles. The number of benzene rings is 1. The average Bonchev–Trinajstić information content (AvgIpc) is 2.53. The highest BCUT2D eigenvalue weighted by molar-refractivity contribution is 9.10.